The van der Waals surface area contributed by atoms with Crippen LogP contribution in [-0.4, -0.2) is 84.3 Å². The third kappa shape index (κ3) is 20.1. The van der Waals surface area contributed by atoms with E-state index in [0.717, 1.165) is 64.2 Å². The number of hydrogen-bond acceptors (Lipinski definition) is 8. The third-order valence-electron chi connectivity index (χ3n) is 13.9. The van der Waals surface area contributed by atoms with Gasteiger partial charge in [-0.25, -0.2) is 0 Å². The van der Waals surface area contributed by atoms with E-state index in [2.05, 4.69) is 86.5 Å². The molecule has 0 amide bonds. The highest BCUT2D eigenvalue weighted by Crippen LogP contribution is 2.42. The van der Waals surface area contributed by atoms with Crippen LogP contribution in [-0.2, 0) is 32.6 Å². The van der Waals surface area contributed by atoms with E-state index in [0.29, 0.717) is 12.8 Å². The fraction of sp³-hybridized carbons (Fsp3) is 0.939. The predicted octanol–water partition coefficient (Wildman–Crippen LogP) is 13.1. The summed E-state index contributed by atoms with van der Waals surface area (Å²) in [5.74, 6) is 6.39. The van der Waals surface area contributed by atoms with Crippen LogP contribution >= 0.6 is 0 Å². The molecule has 2 aliphatic rings. The summed E-state index contributed by atoms with van der Waals surface area (Å²) >= 11 is 0. The summed E-state index contributed by atoms with van der Waals surface area (Å²) in [6.45, 7) is 27.7. The Bertz CT molecular complexity index is 1200. The van der Waals surface area contributed by atoms with Gasteiger partial charge >= 0.3 is 5.97 Å². The van der Waals surface area contributed by atoms with Crippen LogP contribution in [0.4, 0.5) is 0 Å². The van der Waals surface area contributed by atoms with Gasteiger partial charge in [0.1, 0.15) is 19.0 Å². The number of rotatable bonds is 30. The lowest BCUT2D eigenvalue weighted by molar-refractivity contribution is -0.144. The first-order valence-corrected chi connectivity index (χ1v) is 30.0. The topological polar surface area (TPSA) is 92.7 Å². The van der Waals surface area contributed by atoms with Crippen LogP contribution in [0.25, 0.3) is 0 Å². The average Bonchev–Trinajstić information content (AvgIpc) is 3.74. The van der Waals surface area contributed by atoms with Crippen LogP contribution in [0.2, 0.25) is 36.3 Å². The van der Waals surface area contributed by atoms with Crippen LogP contribution in [0.3, 0.4) is 0 Å². The van der Waals surface area contributed by atoms with Crippen molar-refractivity contribution in [1.29, 1.82) is 0 Å². The molecule has 0 radical (unpaired) electrons. The van der Waals surface area contributed by atoms with Crippen molar-refractivity contribution in [2.24, 2.45) is 5.92 Å². The van der Waals surface area contributed by atoms with Crippen molar-refractivity contribution in [2.45, 2.75) is 276 Å². The zero-order valence-electron chi connectivity index (χ0n) is 40.7. The van der Waals surface area contributed by atoms with Gasteiger partial charge < -0.3 is 32.9 Å². The number of esters is 1. The Morgan fingerprint density at radius 1 is 0.712 bits per heavy atom. The van der Waals surface area contributed by atoms with Gasteiger partial charge in [0.15, 0.2) is 16.6 Å². The molecule has 2 aliphatic heterocycles. The molecule has 0 spiro atoms. The molecule has 10 heteroatoms. The average molecular weight is 867 g/mol. The molecule has 2 rings (SSSR count). The van der Waals surface area contributed by atoms with Gasteiger partial charge in [-0.1, -0.05) is 145 Å². The minimum absolute atomic E-state index is 0.00180. The first-order valence-electron chi connectivity index (χ1n) is 24.2. The molecule has 2 saturated heterocycles. The third-order valence-corrected chi connectivity index (χ3v) is 22.9. The summed E-state index contributed by atoms with van der Waals surface area (Å²) in [7, 11) is -2.49. The number of carbonyl (C=O) groups excluding carboxylic acids is 1. The molecule has 0 aromatic heterocycles. The van der Waals surface area contributed by atoms with E-state index in [1.54, 1.807) is 7.11 Å². The van der Waals surface area contributed by atoms with Crippen molar-refractivity contribution in [3.63, 3.8) is 0 Å². The standard InChI is InChI=1S/C49H94O8Si2/c1-14-15-16-17-18-19-20-21-25-28-34-44(56-58(10,11)48(3,4)5)42-36-37-43(55-42)45(57-59(12,13)49(6,7)8)35-30-29-32-40(50)31-26-23-22-24-27-33-41-46(53-38-52-9)39(2)54-47(41)51/h39-46,50H,14-28,31-38H2,1-13H3/t39-,40?,41?,42+,43+,44+,45+,46?/m0/s1. The Labute approximate surface area is 366 Å². The number of aliphatic hydroxyl groups excluding tert-OH is 1. The highest BCUT2D eigenvalue weighted by molar-refractivity contribution is 6.74. The monoisotopic (exact) mass is 867 g/mol. The summed E-state index contributed by atoms with van der Waals surface area (Å²) in [6.07, 6.45) is 23.3. The van der Waals surface area contributed by atoms with Gasteiger partial charge in [0.2, 0.25) is 0 Å². The van der Waals surface area contributed by atoms with Gasteiger partial charge in [-0.3, -0.25) is 4.79 Å². The Kier molecular flexibility index (Phi) is 25.3. The van der Waals surface area contributed by atoms with E-state index in [1.165, 1.54) is 64.2 Å². The molecule has 1 N–H and O–H groups in total. The Morgan fingerprint density at radius 2 is 1.19 bits per heavy atom. The van der Waals surface area contributed by atoms with Crippen LogP contribution in [0, 0.1) is 17.8 Å². The molecule has 0 saturated carbocycles. The molecule has 0 aromatic carbocycles. The van der Waals surface area contributed by atoms with Gasteiger partial charge in [0.25, 0.3) is 0 Å². The van der Waals surface area contributed by atoms with Crippen molar-refractivity contribution >= 4 is 22.6 Å². The zero-order valence-corrected chi connectivity index (χ0v) is 42.7. The van der Waals surface area contributed by atoms with Gasteiger partial charge in [-0.2, -0.15) is 0 Å². The molecule has 2 heterocycles. The van der Waals surface area contributed by atoms with E-state index < -0.39 is 22.7 Å². The molecule has 3 unspecified atom stereocenters. The summed E-state index contributed by atoms with van der Waals surface area (Å²) in [6, 6.07) is 0. The number of unbranched alkanes of at least 4 members (excludes halogenated alkanes) is 13. The fourth-order valence-electron chi connectivity index (χ4n) is 7.97. The van der Waals surface area contributed by atoms with Crippen molar-refractivity contribution in [3.8, 4) is 11.8 Å². The van der Waals surface area contributed by atoms with Crippen molar-refractivity contribution in [1.82, 2.24) is 0 Å². The SMILES string of the molecule is CCCCCCCCCCCC[C@@H](O[Si](C)(C)C(C)(C)C)[C@H]1CC[C@H]([C@@H](CC#CCC(O)CCCCCCCC2C(=O)O[C@@H](C)C2OCOC)O[Si](C)(C)C(C)(C)C)O1. The number of hydrogen-bond donors (Lipinski definition) is 1. The molecular formula is C49H94O8Si2. The van der Waals surface area contributed by atoms with E-state index in [4.69, 9.17) is 27.8 Å². The number of cyclic esters (lactones) is 1. The Hall–Kier alpha value is -0.776. The summed E-state index contributed by atoms with van der Waals surface area (Å²) in [4.78, 5) is 12.3. The fourth-order valence-corrected chi connectivity index (χ4v) is 10.7. The maximum Gasteiger partial charge on any atom is 0.312 e. The minimum Gasteiger partial charge on any atom is -0.460 e. The second kappa shape index (κ2) is 27.4. The Morgan fingerprint density at radius 3 is 1.73 bits per heavy atom. The number of aliphatic hydroxyl groups is 1. The minimum atomic E-state index is -2.09. The molecule has 2 fully saturated rings. The lowest BCUT2D eigenvalue weighted by Crippen LogP contribution is -2.48. The summed E-state index contributed by atoms with van der Waals surface area (Å²) in [5.41, 5.74) is 0. The van der Waals surface area contributed by atoms with Crippen LogP contribution in [0.15, 0.2) is 0 Å². The van der Waals surface area contributed by atoms with E-state index in [9.17, 15) is 9.90 Å². The maximum atomic E-state index is 12.3. The largest absolute Gasteiger partial charge is 0.460 e. The normalized spacial score (nSPS) is 23.2. The van der Waals surface area contributed by atoms with Crippen LogP contribution in [0.5, 0.6) is 0 Å². The highest BCUT2D eigenvalue weighted by Gasteiger charge is 2.46. The molecule has 8 atom stereocenters. The summed E-state index contributed by atoms with van der Waals surface area (Å²) in [5, 5.41) is 11.0. The van der Waals surface area contributed by atoms with Gasteiger partial charge in [-0.05, 0) is 75.3 Å². The van der Waals surface area contributed by atoms with Crippen molar-refractivity contribution < 1.29 is 37.7 Å². The second-order valence-corrected chi connectivity index (χ2v) is 30.7. The highest BCUT2D eigenvalue weighted by atomic mass is 28.4. The van der Waals surface area contributed by atoms with Crippen molar-refractivity contribution in [2.75, 3.05) is 13.9 Å². The molecule has 346 valence electrons. The van der Waals surface area contributed by atoms with E-state index in [1.807, 2.05) is 6.92 Å². The number of carbonyl (C=O) groups is 1. The smallest absolute Gasteiger partial charge is 0.312 e. The van der Waals surface area contributed by atoms with Crippen LogP contribution in [0.1, 0.15) is 197 Å². The maximum absolute atomic E-state index is 12.3. The molecule has 0 bridgehead atoms. The first kappa shape index (κ1) is 54.4. The first-order chi connectivity index (χ1) is 27.7. The lowest BCUT2D eigenvalue weighted by Gasteiger charge is -2.42. The van der Waals surface area contributed by atoms with Crippen molar-refractivity contribution in [3.05, 3.63) is 0 Å². The quantitative estimate of drug-likeness (QED) is 0.0251. The van der Waals surface area contributed by atoms with Gasteiger partial charge in [0.05, 0.1) is 36.4 Å². The molecular weight excluding hydrogens is 773 g/mol. The van der Waals surface area contributed by atoms with Gasteiger partial charge in [-0.15, -0.1) is 11.8 Å². The number of ether oxygens (including phenoxy) is 4. The van der Waals surface area contributed by atoms with Gasteiger partial charge in [0, 0.05) is 20.0 Å². The van der Waals surface area contributed by atoms with Crippen LogP contribution < -0.4 is 0 Å². The molecule has 59 heavy (non-hydrogen) atoms. The van der Waals surface area contributed by atoms with E-state index >= 15 is 0 Å². The second-order valence-electron chi connectivity index (χ2n) is 21.1. The Balaban J connectivity index is 1.92. The number of methoxy groups -OCH3 is 1. The molecule has 0 aromatic rings. The zero-order chi connectivity index (χ0) is 44.1. The van der Waals surface area contributed by atoms with E-state index in [-0.39, 0.29) is 65.4 Å². The summed E-state index contributed by atoms with van der Waals surface area (Å²) < 4.78 is 37.5. The molecule has 8 nitrogen and oxygen atoms in total. The predicted molar refractivity (Wildman–Crippen MR) is 250 cm³/mol. The lowest BCUT2D eigenvalue weighted by atomic mass is 9.94. The molecule has 0 aliphatic carbocycles.